The van der Waals surface area contributed by atoms with Gasteiger partial charge in [-0.15, -0.1) is 0 Å². The van der Waals surface area contributed by atoms with Crippen LogP contribution in [0.3, 0.4) is 0 Å². The third-order valence-corrected chi connectivity index (χ3v) is 2.46. The predicted octanol–water partition coefficient (Wildman–Crippen LogP) is -0.431. The average Bonchev–Trinajstić information content (AvgIpc) is 2.75. The average molecular weight is 258 g/mol. The van der Waals surface area contributed by atoms with E-state index >= 15 is 0 Å². The van der Waals surface area contributed by atoms with E-state index in [0.717, 1.165) is 0 Å². The first-order chi connectivity index (χ1) is 8.26. The highest BCUT2D eigenvalue weighted by Gasteiger charge is 2.13. The molecular formula is C9H12ClN5O2. The van der Waals surface area contributed by atoms with Crippen molar-refractivity contribution in [1.82, 2.24) is 19.6 Å². The molecule has 0 saturated heterocycles. The van der Waals surface area contributed by atoms with Crippen LogP contribution in [0, 0.1) is 0 Å². The molecule has 0 saturated carbocycles. The van der Waals surface area contributed by atoms with Crippen molar-refractivity contribution in [3.63, 3.8) is 0 Å². The summed E-state index contributed by atoms with van der Waals surface area (Å²) in [5.74, 6) is 1.02. The third kappa shape index (κ3) is 2.46. The predicted molar refractivity (Wildman–Crippen MR) is 62.2 cm³/mol. The zero-order valence-electron chi connectivity index (χ0n) is 8.99. The Morgan fingerprint density at radius 2 is 2.00 bits per heavy atom. The highest BCUT2D eigenvalue weighted by Crippen LogP contribution is 2.18. The number of anilines is 1. The molecule has 0 aliphatic heterocycles. The highest BCUT2D eigenvalue weighted by atomic mass is 35.5. The lowest BCUT2D eigenvalue weighted by atomic mass is 10.4. The zero-order valence-corrected chi connectivity index (χ0v) is 9.75. The largest absolute Gasteiger partial charge is 0.395 e. The molecule has 2 aromatic heterocycles. The van der Waals surface area contributed by atoms with Crippen molar-refractivity contribution in [3.8, 4) is 0 Å². The van der Waals surface area contributed by atoms with Gasteiger partial charge in [-0.05, 0) is 0 Å². The Hall–Kier alpha value is -1.44. The maximum Gasteiger partial charge on any atom is 0.255 e. The van der Waals surface area contributed by atoms with Gasteiger partial charge in [-0.25, -0.2) is 0 Å². The third-order valence-electron chi connectivity index (χ3n) is 2.27. The Balaban J connectivity index is 2.46. The Kier molecular flexibility index (Phi) is 3.72. The lowest BCUT2D eigenvalue weighted by molar-refractivity contribution is 0.280. The second-order valence-electron chi connectivity index (χ2n) is 3.34. The summed E-state index contributed by atoms with van der Waals surface area (Å²) in [4.78, 5) is 9.71. The summed E-state index contributed by atoms with van der Waals surface area (Å²) < 4.78 is 1.51. The lowest BCUT2D eigenvalue weighted by Crippen LogP contribution is -2.31. The topological polar surface area (TPSA) is 86.8 Å². The van der Waals surface area contributed by atoms with Gasteiger partial charge in [0, 0.05) is 19.2 Å². The zero-order chi connectivity index (χ0) is 12.3. The minimum atomic E-state index is -0.0316. The van der Waals surface area contributed by atoms with Crippen molar-refractivity contribution < 1.29 is 10.2 Å². The SMILES string of the molecule is OCCN(CCO)c1cc(Cl)nc2ncnn12. The van der Waals surface area contributed by atoms with E-state index in [-0.39, 0.29) is 13.2 Å². The molecule has 0 amide bonds. The second-order valence-corrected chi connectivity index (χ2v) is 3.73. The summed E-state index contributed by atoms with van der Waals surface area (Å²) >= 11 is 5.88. The monoisotopic (exact) mass is 257 g/mol. The van der Waals surface area contributed by atoms with Gasteiger partial charge in [-0.1, -0.05) is 11.6 Å². The summed E-state index contributed by atoms with van der Waals surface area (Å²) in [6.45, 7) is 0.679. The second kappa shape index (κ2) is 5.26. The lowest BCUT2D eigenvalue weighted by Gasteiger charge is -2.22. The number of aliphatic hydroxyl groups excluding tert-OH is 2. The summed E-state index contributed by atoms with van der Waals surface area (Å²) in [6.07, 6.45) is 1.37. The summed E-state index contributed by atoms with van der Waals surface area (Å²) in [5, 5.41) is 22.3. The van der Waals surface area contributed by atoms with Crippen molar-refractivity contribution in [2.45, 2.75) is 0 Å². The number of hydrogen-bond donors (Lipinski definition) is 2. The number of halogens is 1. The molecule has 17 heavy (non-hydrogen) atoms. The van der Waals surface area contributed by atoms with Gasteiger partial charge < -0.3 is 15.1 Å². The first-order valence-corrected chi connectivity index (χ1v) is 5.47. The van der Waals surface area contributed by atoms with Gasteiger partial charge in [0.15, 0.2) is 0 Å². The quantitative estimate of drug-likeness (QED) is 0.707. The number of aliphatic hydroxyl groups is 2. The molecule has 2 N–H and O–H groups in total. The number of nitrogens with zero attached hydrogens (tertiary/aromatic N) is 5. The van der Waals surface area contributed by atoms with Crippen LogP contribution in [0.15, 0.2) is 12.4 Å². The fourth-order valence-electron chi connectivity index (χ4n) is 1.58. The molecule has 0 spiro atoms. The molecule has 8 heteroatoms. The van der Waals surface area contributed by atoms with Crippen molar-refractivity contribution in [1.29, 1.82) is 0 Å². The van der Waals surface area contributed by atoms with E-state index in [4.69, 9.17) is 21.8 Å². The number of rotatable bonds is 5. The summed E-state index contributed by atoms with van der Waals surface area (Å²) in [5.41, 5.74) is 0. The number of aromatic nitrogens is 4. The first-order valence-electron chi connectivity index (χ1n) is 5.09. The van der Waals surface area contributed by atoms with Crippen LogP contribution in [-0.2, 0) is 0 Å². The van der Waals surface area contributed by atoms with Crippen LogP contribution >= 0.6 is 11.6 Å². The molecule has 2 heterocycles. The molecule has 7 nitrogen and oxygen atoms in total. The maximum absolute atomic E-state index is 9.00. The van der Waals surface area contributed by atoms with Gasteiger partial charge >= 0.3 is 0 Å². The number of hydrogen-bond acceptors (Lipinski definition) is 6. The molecule has 2 aromatic rings. The van der Waals surface area contributed by atoms with Gasteiger partial charge in [0.05, 0.1) is 13.2 Å². The van der Waals surface area contributed by atoms with Crippen molar-refractivity contribution in [2.24, 2.45) is 0 Å². The first kappa shape index (κ1) is 12.0. The van der Waals surface area contributed by atoms with Crippen LogP contribution in [0.5, 0.6) is 0 Å². The van der Waals surface area contributed by atoms with Crippen LogP contribution in [0.25, 0.3) is 5.78 Å². The molecule has 0 aliphatic rings. The van der Waals surface area contributed by atoms with E-state index in [2.05, 4.69) is 15.1 Å². The van der Waals surface area contributed by atoms with Gasteiger partial charge in [0.1, 0.15) is 17.3 Å². The minimum absolute atomic E-state index is 0.0316. The molecule has 0 bridgehead atoms. The van der Waals surface area contributed by atoms with E-state index in [1.807, 2.05) is 0 Å². The maximum atomic E-state index is 9.00. The van der Waals surface area contributed by atoms with Crippen LogP contribution in [0.1, 0.15) is 0 Å². The van der Waals surface area contributed by atoms with Gasteiger partial charge in [0.25, 0.3) is 5.78 Å². The van der Waals surface area contributed by atoms with Crippen LogP contribution in [0.4, 0.5) is 5.82 Å². The van der Waals surface area contributed by atoms with Gasteiger partial charge in [-0.3, -0.25) is 0 Å². The molecule has 2 rings (SSSR count). The van der Waals surface area contributed by atoms with Crippen molar-refractivity contribution in [2.75, 3.05) is 31.2 Å². The molecule has 0 unspecified atom stereocenters. The Morgan fingerprint density at radius 1 is 1.29 bits per heavy atom. The molecule has 92 valence electrons. The fourth-order valence-corrected chi connectivity index (χ4v) is 1.75. The smallest absolute Gasteiger partial charge is 0.255 e. The standard InChI is InChI=1S/C9H12ClN5O2/c10-7-5-8(14(1-3-16)2-4-17)15-9(13-7)11-6-12-15/h5-6,16-17H,1-4H2. The normalized spacial score (nSPS) is 11.0. The van der Waals surface area contributed by atoms with E-state index in [9.17, 15) is 0 Å². The minimum Gasteiger partial charge on any atom is -0.395 e. The van der Waals surface area contributed by atoms with E-state index in [1.165, 1.54) is 10.8 Å². The van der Waals surface area contributed by atoms with E-state index in [1.54, 1.807) is 11.0 Å². The molecule has 0 fully saturated rings. The highest BCUT2D eigenvalue weighted by molar-refractivity contribution is 6.29. The van der Waals surface area contributed by atoms with Crippen LogP contribution in [-0.4, -0.2) is 56.1 Å². The Labute approximate surface area is 102 Å². The van der Waals surface area contributed by atoms with E-state index in [0.29, 0.717) is 29.8 Å². The van der Waals surface area contributed by atoms with Crippen molar-refractivity contribution >= 4 is 23.2 Å². The Morgan fingerprint density at radius 3 is 2.65 bits per heavy atom. The summed E-state index contributed by atoms with van der Waals surface area (Å²) in [7, 11) is 0. The van der Waals surface area contributed by atoms with Gasteiger partial charge in [0.2, 0.25) is 0 Å². The molecular weight excluding hydrogens is 246 g/mol. The molecule has 0 radical (unpaired) electrons. The van der Waals surface area contributed by atoms with Gasteiger partial charge in [-0.2, -0.15) is 19.6 Å². The molecule has 0 aliphatic carbocycles. The fraction of sp³-hybridized carbons (Fsp3) is 0.444. The molecule has 0 aromatic carbocycles. The van der Waals surface area contributed by atoms with Crippen molar-refractivity contribution in [3.05, 3.63) is 17.5 Å². The van der Waals surface area contributed by atoms with Crippen LogP contribution in [0.2, 0.25) is 5.15 Å². The number of fused-ring (bicyclic) bond motifs is 1. The molecule has 0 atom stereocenters. The van der Waals surface area contributed by atoms with E-state index < -0.39 is 0 Å². The van der Waals surface area contributed by atoms with Crippen LogP contribution < -0.4 is 4.90 Å². The summed E-state index contributed by atoms with van der Waals surface area (Å²) in [6, 6.07) is 1.62. The Bertz CT molecular complexity index is 497.